The van der Waals surface area contributed by atoms with Crippen molar-refractivity contribution in [2.75, 3.05) is 5.73 Å². The molecule has 0 atom stereocenters. The van der Waals surface area contributed by atoms with E-state index >= 15 is 0 Å². The second kappa shape index (κ2) is 5.16. The van der Waals surface area contributed by atoms with Gasteiger partial charge in [0.2, 0.25) is 0 Å². The fraction of sp³-hybridized carbons (Fsp3) is 0.250. The zero-order valence-corrected chi connectivity index (χ0v) is 10.4. The van der Waals surface area contributed by atoms with Crippen LogP contribution in [0.25, 0.3) is 0 Å². The maximum atomic E-state index is 10.9. The van der Waals surface area contributed by atoms with Crippen LogP contribution in [-0.2, 0) is 13.1 Å². The first-order valence-electron chi connectivity index (χ1n) is 5.38. The highest BCUT2D eigenvalue weighted by Crippen LogP contribution is 2.15. The predicted molar refractivity (Wildman–Crippen MR) is 71.1 cm³/mol. The largest absolute Gasteiger partial charge is 0.399 e. The molecule has 0 bridgehead atoms. The molecule has 0 spiro atoms. The molecule has 0 unspecified atom stereocenters. The predicted octanol–water partition coefficient (Wildman–Crippen LogP) is 1.62. The molecular weight excluding hydrogens is 234 g/mol. The third-order valence-corrected chi connectivity index (χ3v) is 3.41. The Kier molecular flexibility index (Phi) is 3.61. The summed E-state index contributed by atoms with van der Waals surface area (Å²) in [5, 5.41) is 5.12. The summed E-state index contributed by atoms with van der Waals surface area (Å²) in [5.74, 6) is 0. The summed E-state index contributed by atoms with van der Waals surface area (Å²) in [6, 6.07) is 5.90. The highest BCUT2D eigenvalue weighted by atomic mass is 32.1. The molecule has 0 fully saturated rings. The summed E-state index contributed by atoms with van der Waals surface area (Å²) >= 11 is 1.19. The number of nitrogen functional groups attached to an aromatic ring is 1. The lowest BCUT2D eigenvalue weighted by atomic mass is 10.1. The van der Waals surface area contributed by atoms with Gasteiger partial charge in [0.15, 0.2) is 0 Å². The van der Waals surface area contributed by atoms with Gasteiger partial charge in [-0.25, -0.2) is 0 Å². The maximum Gasteiger partial charge on any atom is 0.304 e. The van der Waals surface area contributed by atoms with Crippen molar-refractivity contribution in [2.24, 2.45) is 0 Å². The average Bonchev–Trinajstić information content (AvgIpc) is 2.70. The first-order chi connectivity index (χ1) is 8.16. The highest BCUT2D eigenvalue weighted by molar-refractivity contribution is 7.07. The molecule has 1 heterocycles. The van der Waals surface area contributed by atoms with E-state index < -0.39 is 0 Å². The second-order valence-electron chi connectivity index (χ2n) is 3.91. The van der Waals surface area contributed by atoms with Crippen LogP contribution in [0.2, 0.25) is 0 Å². The molecule has 1 aromatic heterocycles. The molecule has 2 aromatic rings. The molecule has 0 saturated heterocycles. The number of aromatic amines is 1. The van der Waals surface area contributed by atoms with E-state index in [-0.39, 0.29) is 4.87 Å². The Bertz CT molecular complexity index is 559. The zero-order valence-electron chi connectivity index (χ0n) is 9.62. The molecule has 0 saturated carbocycles. The van der Waals surface area contributed by atoms with Gasteiger partial charge in [-0.05, 0) is 24.1 Å². The number of benzene rings is 1. The number of thiazole rings is 1. The van der Waals surface area contributed by atoms with Gasteiger partial charge in [-0.15, -0.1) is 0 Å². The third kappa shape index (κ3) is 2.95. The summed E-state index contributed by atoms with van der Waals surface area (Å²) in [6.45, 7) is 3.42. The van der Waals surface area contributed by atoms with Crippen molar-refractivity contribution in [3.8, 4) is 0 Å². The van der Waals surface area contributed by atoms with E-state index in [2.05, 4.69) is 16.4 Å². The van der Waals surface area contributed by atoms with Gasteiger partial charge in [0, 0.05) is 29.9 Å². The number of hydrogen-bond acceptors (Lipinski definition) is 4. The van der Waals surface area contributed by atoms with Crippen molar-refractivity contribution < 1.29 is 0 Å². The minimum Gasteiger partial charge on any atom is -0.399 e. The Hall–Kier alpha value is -1.59. The van der Waals surface area contributed by atoms with Crippen molar-refractivity contribution in [3.63, 3.8) is 0 Å². The number of hydrogen-bond donors (Lipinski definition) is 3. The Morgan fingerprint density at radius 1 is 1.41 bits per heavy atom. The van der Waals surface area contributed by atoms with E-state index in [1.54, 1.807) is 0 Å². The van der Waals surface area contributed by atoms with Crippen LogP contribution in [0.1, 0.15) is 16.8 Å². The zero-order chi connectivity index (χ0) is 12.3. The molecule has 0 aliphatic carbocycles. The van der Waals surface area contributed by atoms with Gasteiger partial charge < -0.3 is 16.0 Å². The van der Waals surface area contributed by atoms with Gasteiger partial charge in [0.05, 0.1) is 0 Å². The number of nitrogens with two attached hydrogens (primary N) is 1. The molecule has 0 radical (unpaired) electrons. The molecule has 2 rings (SSSR count). The normalized spacial score (nSPS) is 10.6. The van der Waals surface area contributed by atoms with Crippen molar-refractivity contribution in [1.82, 2.24) is 10.3 Å². The second-order valence-corrected chi connectivity index (χ2v) is 4.75. The van der Waals surface area contributed by atoms with E-state index in [1.165, 1.54) is 16.9 Å². The van der Waals surface area contributed by atoms with Crippen LogP contribution in [0.3, 0.4) is 0 Å². The standard InChI is InChI=1S/C12H15N3OS/c1-8-9(3-2-4-11(8)13)5-14-6-10-7-17-12(16)15-10/h2-4,7,14H,5-6,13H2,1H3,(H,15,16). The summed E-state index contributed by atoms with van der Waals surface area (Å²) in [6.07, 6.45) is 0. The molecule has 4 N–H and O–H groups in total. The van der Waals surface area contributed by atoms with Crippen LogP contribution >= 0.6 is 11.3 Å². The maximum absolute atomic E-state index is 10.9. The van der Waals surface area contributed by atoms with Crippen molar-refractivity contribution in [1.29, 1.82) is 0 Å². The SMILES string of the molecule is Cc1c(N)cccc1CNCc1csc(=O)[nH]1. The van der Waals surface area contributed by atoms with E-state index in [9.17, 15) is 4.79 Å². The number of rotatable bonds is 4. The van der Waals surface area contributed by atoms with Crippen LogP contribution < -0.4 is 15.9 Å². The summed E-state index contributed by atoms with van der Waals surface area (Å²) in [4.78, 5) is 13.7. The van der Waals surface area contributed by atoms with Crippen LogP contribution in [0.5, 0.6) is 0 Å². The summed E-state index contributed by atoms with van der Waals surface area (Å²) < 4.78 is 0. The summed E-state index contributed by atoms with van der Waals surface area (Å²) in [7, 11) is 0. The molecule has 0 aliphatic rings. The number of nitrogens with one attached hydrogen (secondary N) is 2. The Morgan fingerprint density at radius 3 is 2.94 bits per heavy atom. The summed E-state index contributed by atoms with van der Waals surface area (Å²) in [5.41, 5.74) is 9.86. The van der Waals surface area contributed by atoms with Gasteiger partial charge in [-0.2, -0.15) is 0 Å². The van der Waals surface area contributed by atoms with Crippen molar-refractivity contribution >= 4 is 17.0 Å². The third-order valence-electron chi connectivity index (χ3n) is 2.69. The first kappa shape index (κ1) is 11.9. The lowest BCUT2D eigenvalue weighted by molar-refractivity contribution is 0.679. The molecule has 4 nitrogen and oxygen atoms in total. The number of aromatic nitrogens is 1. The number of anilines is 1. The molecule has 17 heavy (non-hydrogen) atoms. The topological polar surface area (TPSA) is 70.9 Å². The Labute approximate surface area is 103 Å². The van der Waals surface area contributed by atoms with Crippen LogP contribution in [0.15, 0.2) is 28.4 Å². The van der Waals surface area contributed by atoms with Gasteiger partial charge in [-0.3, -0.25) is 4.79 Å². The molecule has 5 heteroatoms. The highest BCUT2D eigenvalue weighted by Gasteiger charge is 2.01. The first-order valence-corrected chi connectivity index (χ1v) is 6.26. The molecule has 90 valence electrons. The monoisotopic (exact) mass is 249 g/mol. The van der Waals surface area contributed by atoms with Crippen LogP contribution in [0.4, 0.5) is 5.69 Å². The fourth-order valence-corrected chi connectivity index (χ4v) is 2.21. The minimum absolute atomic E-state index is 0.0121. The van der Waals surface area contributed by atoms with E-state index in [4.69, 9.17) is 5.73 Å². The van der Waals surface area contributed by atoms with Crippen LogP contribution in [0, 0.1) is 6.92 Å². The van der Waals surface area contributed by atoms with Gasteiger partial charge in [0.1, 0.15) is 0 Å². The quantitative estimate of drug-likeness (QED) is 0.721. The minimum atomic E-state index is -0.0121. The van der Waals surface area contributed by atoms with Gasteiger partial charge in [-0.1, -0.05) is 23.5 Å². The lowest BCUT2D eigenvalue weighted by Crippen LogP contribution is -2.14. The molecular formula is C12H15N3OS. The van der Waals surface area contributed by atoms with E-state index in [0.29, 0.717) is 6.54 Å². The van der Waals surface area contributed by atoms with E-state index in [0.717, 1.165) is 23.5 Å². The average molecular weight is 249 g/mol. The molecule has 0 aliphatic heterocycles. The van der Waals surface area contributed by atoms with Crippen molar-refractivity contribution in [3.05, 3.63) is 50.1 Å². The molecule has 1 aromatic carbocycles. The lowest BCUT2D eigenvalue weighted by Gasteiger charge is -2.08. The smallest absolute Gasteiger partial charge is 0.304 e. The van der Waals surface area contributed by atoms with Gasteiger partial charge in [0.25, 0.3) is 0 Å². The molecule has 0 amide bonds. The van der Waals surface area contributed by atoms with E-state index in [1.807, 2.05) is 24.4 Å². The van der Waals surface area contributed by atoms with Crippen LogP contribution in [-0.4, -0.2) is 4.98 Å². The fourth-order valence-electron chi connectivity index (χ4n) is 1.63. The number of H-pyrrole nitrogens is 1. The Morgan fingerprint density at radius 2 is 2.24 bits per heavy atom. The van der Waals surface area contributed by atoms with Gasteiger partial charge >= 0.3 is 4.87 Å². The van der Waals surface area contributed by atoms with Crippen molar-refractivity contribution in [2.45, 2.75) is 20.0 Å². The Balaban J connectivity index is 1.94.